The second-order valence-corrected chi connectivity index (χ2v) is 8.07. The van der Waals surface area contributed by atoms with Gasteiger partial charge in [0.25, 0.3) is 0 Å². The molecule has 3 rings (SSSR count). The Labute approximate surface area is 156 Å². The summed E-state index contributed by atoms with van der Waals surface area (Å²) < 4.78 is 0. The van der Waals surface area contributed by atoms with Crippen molar-refractivity contribution in [2.45, 2.75) is 64.2 Å². The van der Waals surface area contributed by atoms with Crippen LogP contribution in [0.25, 0.3) is 0 Å². The van der Waals surface area contributed by atoms with Gasteiger partial charge in [0.2, 0.25) is 17.7 Å². The van der Waals surface area contributed by atoms with Crippen molar-refractivity contribution in [3.05, 3.63) is 0 Å². The Balaban J connectivity index is 1.50. The number of carbonyl (C=O) groups is 3. The third-order valence-electron chi connectivity index (χ3n) is 6.21. The highest BCUT2D eigenvalue weighted by Crippen LogP contribution is 2.30. The van der Waals surface area contributed by atoms with E-state index in [1.807, 2.05) is 9.80 Å². The molecule has 146 valence electrons. The Bertz CT molecular complexity index is 510. The van der Waals surface area contributed by atoms with E-state index in [-0.39, 0.29) is 23.7 Å². The summed E-state index contributed by atoms with van der Waals surface area (Å²) in [6.45, 7) is 3.44. The van der Waals surface area contributed by atoms with Crippen molar-refractivity contribution in [1.82, 2.24) is 15.1 Å². The zero-order chi connectivity index (χ0) is 18.4. The van der Waals surface area contributed by atoms with Crippen molar-refractivity contribution in [1.29, 1.82) is 0 Å². The van der Waals surface area contributed by atoms with Crippen LogP contribution in [0.1, 0.15) is 64.2 Å². The second-order valence-electron chi connectivity index (χ2n) is 8.07. The summed E-state index contributed by atoms with van der Waals surface area (Å²) in [5.41, 5.74) is 0. The minimum Gasteiger partial charge on any atom is -0.356 e. The van der Waals surface area contributed by atoms with Crippen LogP contribution in [0.3, 0.4) is 0 Å². The lowest BCUT2D eigenvalue weighted by atomic mass is 9.83. The van der Waals surface area contributed by atoms with Crippen molar-refractivity contribution >= 4 is 17.7 Å². The first-order valence-corrected chi connectivity index (χ1v) is 10.5. The topological polar surface area (TPSA) is 69.7 Å². The summed E-state index contributed by atoms with van der Waals surface area (Å²) in [4.78, 5) is 41.1. The van der Waals surface area contributed by atoms with E-state index in [2.05, 4.69) is 5.32 Å². The highest BCUT2D eigenvalue weighted by molar-refractivity contribution is 5.82. The molecule has 0 radical (unpaired) electrons. The monoisotopic (exact) mass is 363 g/mol. The van der Waals surface area contributed by atoms with Gasteiger partial charge in [-0.15, -0.1) is 0 Å². The molecular weight excluding hydrogens is 330 g/mol. The Morgan fingerprint density at radius 3 is 2.00 bits per heavy atom. The van der Waals surface area contributed by atoms with Crippen LogP contribution in [-0.4, -0.2) is 60.2 Å². The maximum absolute atomic E-state index is 13.0. The lowest BCUT2D eigenvalue weighted by Gasteiger charge is -2.37. The first-order chi connectivity index (χ1) is 12.6. The maximum Gasteiger partial charge on any atom is 0.225 e. The van der Waals surface area contributed by atoms with Gasteiger partial charge in [-0.25, -0.2) is 0 Å². The number of hydrogen-bond acceptors (Lipinski definition) is 3. The molecule has 2 heterocycles. The number of carbonyl (C=O) groups excluding carboxylic acids is 3. The van der Waals surface area contributed by atoms with Crippen LogP contribution in [0.15, 0.2) is 0 Å². The van der Waals surface area contributed by atoms with Gasteiger partial charge in [-0.3, -0.25) is 14.4 Å². The molecule has 0 aromatic heterocycles. The molecule has 2 aliphatic heterocycles. The van der Waals surface area contributed by atoms with Gasteiger partial charge in [-0.2, -0.15) is 0 Å². The largest absolute Gasteiger partial charge is 0.356 e. The molecule has 3 fully saturated rings. The first-order valence-electron chi connectivity index (χ1n) is 10.5. The number of nitrogens with one attached hydrogen (secondary N) is 1. The molecule has 6 nitrogen and oxygen atoms in total. The van der Waals surface area contributed by atoms with E-state index in [1.54, 1.807) is 0 Å². The van der Waals surface area contributed by atoms with Crippen LogP contribution in [0.5, 0.6) is 0 Å². The van der Waals surface area contributed by atoms with Gasteiger partial charge in [-0.1, -0.05) is 19.3 Å². The van der Waals surface area contributed by atoms with Crippen molar-refractivity contribution in [2.24, 2.45) is 11.8 Å². The van der Waals surface area contributed by atoms with Crippen LogP contribution in [0.4, 0.5) is 0 Å². The Morgan fingerprint density at radius 2 is 1.35 bits per heavy atom. The molecule has 6 heteroatoms. The second kappa shape index (κ2) is 9.38. The summed E-state index contributed by atoms with van der Waals surface area (Å²) >= 11 is 0. The van der Waals surface area contributed by atoms with Gasteiger partial charge in [-0.05, 0) is 38.5 Å². The fourth-order valence-corrected chi connectivity index (χ4v) is 4.18. The summed E-state index contributed by atoms with van der Waals surface area (Å²) in [5, 5.41) is 2.94. The molecule has 0 bridgehead atoms. The molecule has 1 saturated carbocycles. The van der Waals surface area contributed by atoms with Crippen LogP contribution in [0, 0.1) is 11.8 Å². The zero-order valence-electron chi connectivity index (χ0n) is 15.9. The number of piperidine rings is 1. The third kappa shape index (κ3) is 4.98. The number of likely N-dealkylation sites (tertiary alicyclic amines) is 1. The lowest BCUT2D eigenvalue weighted by Crippen LogP contribution is -2.47. The van der Waals surface area contributed by atoms with E-state index in [9.17, 15) is 14.4 Å². The van der Waals surface area contributed by atoms with Gasteiger partial charge in [0.15, 0.2) is 0 Å². The van der Waals surface area contributed by atoms with Crippen LogP contribution >= 0.6 is 0 Å². The molecule has 0 aromatic carbocycles. The van der Waals surface area contributed by atoms with Crippen LogP contribution in [0.2, 0.25) is 0 Å². The first kappa shape index (κ1) is 19.2. The Kier molecular flexibility index (Phi) is 6.92. The van der Waals surface area contributed by atoms with Crippen LogP contribution in [-0.2, 0) is 14.4 Å². The lowest BCUT2D eigenvalue weighted by molar-refractivity contribution is -0.144. The van der Waals surface area contributed by atoms with E-state index >= 15 is 0 Å². The molecule has 1 N–H and O–H groups in total. The molecule has 0 aromatic rings. The molecule has 26 heavy (non-hydrogen) atoms. The molecule has 0 unspecified atom stereocenters. The highest BCUT2D eigenvalue weighted by Gasteiger charge is 2.34. The van der Waals surface area contributed by atoms with E-state index in [4.69, 9.17) is 0 Å². The molecule has 3 aliphatic rings. The molecular formula is C20H33N3O3. The van der Waals surface area contributed by atoms with Crippen molar-refractivity contribution in [3.8, 4) is 0 Å². The predicted molar refractivity (Wildman–Crippen MR) is 99.3 cm³/mol. The molecule has 1 aliphatic carbocycles. The van der Waals surface area contributed by atoms with E-state index < -0.39 is 0 Å². The smallest absolute Gasteiger partial charge is 0.225 e. The van der Waals surface area contributed by atoms with Crippen molar-refractivity contribution in [2.75, 3.05) is 32.7 Å². The predicted octanol–water partition coefficient (Wildman–Crippen LogP) is 1.93. The fourth-order valence-electron chi connectivity index (χ4n) is 4.18. The maximum atomic E-state index is 13.0. The minimum atomic E-state index is 0.00799. The third-order valence-corrected chi connectivity index (χ3v) is 6.21. The van der Waals surface area contributed by atoms with Gasteiger partial charge < -0.3 is 15.1 Å². The van der Waals surface area contributed by atoms with Crippen LogP contribution < -0.4 is 5.32 Å². The average Bonchev–Trinajstić information content (AvgIpc) is 2.65. The normalized spacial score (nSPS) is 24.4. The quantitative estimate of drug-likeness (QED) is 0.815. The van der Waals surface area contributed by atoms with Crippen molar-refractivity contribution < 1.29 is 14.4 Å². The standard InChI is InChI=1S/C20H33N3O3/c24-18-10-15-22(12-4-2-1-3-11-21-18)20(26)17-8-13-23(14-9-17)19(25)16-6-5-7-16/h16-17H,1-15H2,(H,21,24). The van der Waals surface area contributed by atoms with E-state index in [0.717, 1.165) is 64.5 Å². The average molecular weight is 364 g/mol. The Morgan fingerprint density at radius 1 is 0.731 bits per heavy atom. The summed E-state index contributed by atoms with van der Waals surface area (Å²) in [6.07, 6.45) is 9.41. The van der Waals surface area contributed by atoms with E-state index in [0.29, 0.717) is 32.0 Å². The molecule has 3 amide bonds. The summed E-state index contributed by atoms with van der Waals surface area (Å²) in [5.74, 6) is 0.785. The minimum absolute atomic E-state index is 0.00799. The highest BCUT2D eigenvalue weighted by atomic mass is 16.2. The molecule has 2 saturated heterocycles. The van der Waals surface area contributed by atoms with E-state index in [1.165, 1.54) is 6.42 Å². The number of rotatable bonds is 2. The Hall–Kier alpha value is -1.59. The number of nitrogens with zero attached hydrogens (tertiary/aromatic N) is 2. The van der Waals surface area contributed by atoms with Gasteiger partial charge in [0.1, 0.15) is 0 Å². The molecule has 0 spiro atoms. The number of hydrogen-bond donors (Lipinski definition) is 1. The zero-order valence-corrected chi connectivity index (χ0v) is 15.9. The fraction of sp³-hybridized carbons (Fsp3) is 0.850. The van der Waals surface area contributed by atoms with Gasteiger partial charge >= 0.3 is 0 Å². The summed E-state index contributed by atoms with van der Waals surface area (Å²) in [7, 11) is 0. The van der Waals surface area contributed by atoms with Gasteiger partial charge in [0.05, 0.1) is 0 Å². The summed E-state index contributed by atoms with van der Waals surface area (Å²) in [6, 6.07) is 0. The molecule has 0 atom stereocenters. The number of amides is 3. The SMILES string of the molecule is O=C1CCN(C(=O)C2CCN(C(=O)C3CCC3)CC2)CCCCCCN1. The van der Waals surface area contributed by atoms with Gasteiger partial charge in [0, 0.05) is 51.0 Å². The van der Waals surface area contributed by atoms with Crippen molar-refractivity contribution in [3.63, 3.8) is 0 Å².